The molecule has 1 N–H and O–H groups in total. The third-order valence-corrected chi connectivity index (χ3v) is 6.50. The Morgan fingerprint density at radius 2 is 1.90 bits per heavy atom. The molecule has 0 aromatic heterocycles. The Morgan fingerprint density at radius 3 is 2.50 bits per heavy atom. The molecule has 3 unspecified atom stereocenters. The molecule has 0 radical (unpaired) electrons. The minimum Gasteiger partial charge on any atom is -0.319 e. The van der Waals surface area contributed by atoms with Gasteiger partial charge in [-0.1, -0.05) is 25.7 Å². The fourth-order valence-electron chi connectivity index (χ4n) is 5.71. The first-order chi connectivity index (χ1) is 9.71. The summed E-state index contributed by atoms with van der Waals surface area (Å²) >= 11 is 0. The van der Waals surface area contributed by atoms with Crippen LogP contribution in [0.1, 0.15) is 57.8 Å². The zero-order chi connectivity index (χ0) is 14.0. The summed E-state index contributed by atoms with van der Waals surface area (Å²) in [6, 6.07) is 0. The van der Waals surface area contributed by atoms with Crippen molar-refractivity contribution in [3.05, 3.63) is 0 Å². The Hall–Kier alpha value is -0.0800. The highest BCUT2D eigenvalue weighted by atomic mass is 15.1. The monoisotopic (exact) mass is 278 g/mol. The number of fused-ring (bicyclic) bond motifs is 2. The van der Waals surface area contributed by atoms with Crippen LogP contribution >= 0.6 is 0 Å². The van der Waals surface area contributed by atoms with Crippen molar-refractivity contribution in [3.63, 3.8) is 0 Å². The van der Waals surface area contributed by atoms with Crippen LogP contribution < -0.4 is 5.32 Å². The highest BCUT2D eigenvalue weighted by Crippen LogP contribution is 2.48. The SMILES string of the molecule is CNCC1(CN(C)CC2CC3CCC2C3)CCCCC1. The minimum atomic E-state index is 0.569. The topological polar surface area (TPSA) is 15.3 Å². The molecule has 2 nitrogen and oxygen atoms in total. The standard InChI is InChI=1S/C18H34N2/c1-19-13-18(8-4-3-5-9-18)14-20(2)12-17-11-15-6-7-16(17)10-15/h15-17,19H,3-14H2,1-2H3. The molecule has 0 spiro atoms. The lowest BCUT2D eigenvalue weighted by atomic mass is 9.73. The van der Waals surface area contributed by atoms with E-state index >= 15 is 0 Å². The maximum Gasteiger partial charge on any atom is 0.00472 e. The molecule has 3 aliphatic carbocycles. The molecule has 0 amide bonds. The average molecular weight is 278 g/mol. The highest BCUT2D eigenvalue weighted by molar-refractivity contribution is 4.92. The lowest BCUT2D eigenvalue weighted by Crippen LogP contribution is -2.45. The van der Waals surface area contributed by atoms with Gasteiger partial charge in [0, 0.05) is 19.6 Å². The van der Waals surface area contributed by atoms with Crippen LogP contribution in [-0.2, 0) is 0 Å². The van der Waals surface area contributed by atoms with Gasteiger partial charge < -0.3 is 10.2 Å². The molecule has 3 atom stereocenters. The predicted molar refractivity (Wildman–Crippen MR) is 85.9 cm³/mol. The molecule has 0 aliphatic heterocycles. The van der Waals surface area contributed by atoms with Crippen LogP contribution in [0.2, 0.25) is 0 Å². The molecule has 0 aromatic rings. The first-order valence-electron chi connectivity index (χ1n) is 9.04. The van der Waals surface area contributed by atoms with Crippen LogP contribution in [0.25, 0.3) is 0 Å². The summed E-state index contributed by atoms with van der Waals surface area (Å²) in [6.07, 6.45) is 13.4. The number of nitrogens with zero attached hydrogens (tertiary/aromatic N) is 1. The maximum absolute atomic E-state index is 3.48. The lowest BCUT2D eigenvalue weighted by Gasteiger charge is -2.41. The van der Waals surface area contributed by atoms with Crippen molar-refractivity contribution in [1.82, 2.24) is 10.2 Å². The van der Waals surface area contributed by atoms with Crippen LogP contribution in [0, 0.1) is 23.2 Å². The predicted octanol–water partition coefficient (Wildman–Crippen LogP) is 3.52. The molecule has 0 heterocycles. The Bertz CT molecular complexity index is 303. The van der Waals surface area contributed by atoms with E-state index in [1.54, 1.807) is 6.42 Å². The Morgan fingerprint density at radius 1 is 1.10 bits per heavy atom. The molecule has 20 heavy (non-hydrogen) atoms. The van der Waals surface area contributed by atoms with Crippen molar-refractivity contribution < 1.29 is 0 Å². The molecule has 3 aliphatic rings. The van der Waals surface area contributed by atoms with Gasteiger partial charge in [0.2, 0.25) is 0 Å². The summed E-state index contributed by atoms with van der Waals surface area (Å²) in [7, 11) is 4.52. The third kappa shape index (κ3) is 3.22. The molecule has 116 valence electrons. The Balaban J connectivity index is 1.52. The summed E-state index contributed by atoms with van der Waals surface area (Å²) in [5.41, 5.74) is 0.569. The van der Waals surface area contributed by atoms with E-state index in [2.05, 4.69) is 24.3 Å². The summed E-state index contributed by atoms with van der Waals surface area (Å²) in [6.45, 7) is 3.91. The largest absolute Gasteiger partial charge is 0.319 e. The summed E-state index contributed by atoms with van der Waals surface area (Å²) in [5.74, 6) is 3.20. The second kappa shape index (κ2) is 6.36. The molecular formula is C18H34N2. The van der Waals surface area contributed by atoms with E-state index in [1.807, 2.05) is 0 Å². The zero-order valence-corrected chi connectivity index (χ0v) is 13.7. The summed E-state index contributed by atoms with van der Waals surface area (Å²) < 4.78 is 0. The van der Waals surface area contributed by atoms with Crippen LogP contribution in [0.4, 0.5) is 0 Å². The fourth-order valence-corrected chi connectivity index (χ4v) is 5.71. The van der Waals surface area contributed by atoms with E-state index in [9.17, 15) is 0 Å². The smallest absolute Gasteiger partial charge is 0.00472 e. The normalized spacial score (nSPS) is 35.9. The van der Waals surface area contributed by atoms with Crippen LogP contribution in [0.3, 0.4) is 0 Å². The van der Waals surface area contributed by atoms with Crippen LogP contribution in [-0.4, -0.2) is 38.6 Å². The third-order valence-electron chi connectivity index (χ3n) is 6.50. The number of hydrogen-bond acceptors (Lipinski definition) is 2. The van der Waals surface area contributed by atoms with E-state index in [1.165, 1.54) is 71.0 Å². The first-order valence-corrected chi connectivity index (χ1v) is 9.04. The Kier molecular flexibility index (Phi) is 4.72. The first kappa shape index (κ1) is 14.8. The fraction of sp³-hybridized carbons (Fsp3) is 1.00. The van der Waals surface area contributed by atoms with E-state index in [0.29, 0.717) is 5.41 Å². The van der Waals surface area contributed by atoms with Crippen molar-refractivity contribution in [2.75, 3.05) is 33.7 Å². The molecular weight excluding hydrogens is 244 g/mol. The van der Waals surface area contributed by atoms with Gasteiger partial charge in [-0.15, -0.1) is 0 Å². The van der Waals surface area contributed by atoms with Gasteiger partial charge in [0.1, 0.15) is 0 Å². The van der Waals surface area contributed by atoms with Crippen molar-refractivity contribution in [1.29, 1.82) is 0 Å². The van der Waals surface area contributed by atoms with Crippen molar-refractivity contribution in [2.45, 2.75) is 57.8 Å². The van der Waals surface area contributed by atoms with E-state index in [4.69, 9.17) is 0 Å². The lowest BCUT2D eigenvalue weighted by molar-refractivity contribution is 0.102. The van der Waals surface area contributed by atoms with Crippen LogP contribution in [0.15, 0.2) is 0 Å². The summed E-state index contributed by atoms with van der Waals surface area (Å²) in [4.78, 5) is 2.69. The zero-order valence-electron chi connectivity index (χ0n) is 13.7. The quantitative estimate of drug-likeness (QED) is 0.799. The van der Waals surface area contributed by atoms with Gasteiger partial charge >= 0.3 is 0 Å². The molecule has 0 saturated heterocycles. The van der Waals surface area contributed by atoms with Gasteiger partial charge in [0.05, 0.1) is 0 Å². The molecule has 2 heteroatoms. The van der Waals surface area contributed by atoms with Gasteiger partial charge in [-0.05, 0) is 69.4 Å². The minimum absolute atomic E-state index is 0.569. The maximum atomic E-state index is 3.48. The van der Waals surface area contributed by atoms with E-state index in [0.717, 1.165) is 17.8 Å². The van der Waals surface area contributed by atoms with Gasteiger partial charge in [0.15, 0.2) is 0 Å². The molecule has 3 rings (SSSR count). The molecule has 3 fully saturated rings. The van der Waals surface area contributed by atoms with E-state index in [-0.39, 0.29) is 0 Å². The number of nitrogens with one attached hydrogen (secondary N) is 1. The number of hydrogen-bond donors (Lipinski definition) is 1. The van der Waals surface area contributed by atoms with Crippen LogP contribution in [0.5, 0.6) is 0 Å². The van der Waals surface area contributed by atoms with Gasteiger partial charge in [-0.25, -0.2) is 0 Å². The summed E-state index contributed by atoms with van der Waals surface area (Å²) in [5, 5.41) is 3.48. The highest BCUT2D eigenvalue weighted by Gasteiger charge is 2.40. The second-order valence-corrected chi connectivity index (χ2v) is 8.22. The van der Waals surface area contributed by atoms with Gasteiger partial charge in [-0.3, -0.25) is 0 Å². The number of rotatable bonds is 6. The average Bonchev–Trinajstić information content (AvgIpc) is 3.02. The molecule has 0 aromatic carbocycles. The van der Waals surface area contributed by atoms with Crippen molar-refractivity contribution in [3.8, 4) is 0 Å². The Labute approximate surface area is 125 Å². The van der Waals surface area contributed by atoms with Crippen molar-refractivity contribution in [2.24, 2.45) is 23.2 Å². The van der Waals surface area contributed by atoms with E-state index < -0.39 is 0 Å². The molecule has 3 saturated carbocycles. The second-order valence-electron chi connectivity index (χ2n) is 8.22. The van der Waals surface area contributed by atoms with Crippen molar-refractivity contribution >= 4 is 0 Å². The molecule has 2 bridgehead atoms. The van der Waals surface area contributed by atoms with Gasteiger partial charge in [0.25, 0.3) is 0 Å². The van der Waals surface area contributed by atoms with Gasteiger partial charge in [-0.2, -0.15) is 0 Å².